The molecule has 0 aliphatic rings. The van der Waals surface area contributed by atoms with Crippen molar-refractivity contribution in [1.29, 1.82) is 0 Å². The van der Waals surface area contributed by atoms with Gasteiger partial charge in [-0.1, -0.05) is 36.4 Å². The second-order valence-electron chi connectivity index (χ2n) is 4.56. The van der Waals surface area contributed by atoms with E-state index in [2.05, 4.69) is 0 Å². The quantitative estimate of drug-likeness (QED) is 0.345. The molecule has 0 heterocycles. The van der Waals surface area contributed by atoms with E-state index in [1.807, 2.05) is 36.4 Å². The van der Waals surface area contributed by atoms with E-state index in [-0.39, 0.29) is 0 Å². The lowest BCUT2D eigenvalue weighted by molar-refractivity contribution is 1.56. The molecule has 0 saturated carbocycles. The van der Waals surface area contributed by atoms with Crippen molar-refractivity contribution in [3.63, 3.8) is 0 Å². The predicted octanol–water partition coefficient (Wildman–Crippen LogP) is 2.74. The molecule has 4 aromatic rings. The third-order valence-electron chi connectivity index (χ3n) is 3.56. The van der Waals surface area contributed by atoms with Crippen LogP contribution in [-0.4, -0.2) is 0 Å². The highest BCUT2D eigenvalue weighted by Gasteiger charge is 2.11. The standard InChI is InChI=1S/C16H8O2/c17-13-8-11-5-4-9-2-1-3-10-6-7-12(16(13)18)15(11)14(9)10/h1-8H. The summed E-state index contributed by atoms with van der Waals surface area (Å²) in [5.74, 6) is 0. The molecule has 0 aliphatic heterocycles. The topological polar surface area (TPSA) is 34.1 Å². The maximum Gasteiger partial charge on any atom is 0.233 e. The molecule has 2 nitrogen and oxygen atoms in total. The first-order chi connectivity index (χ1) is 8.75. The average molecular weight is 232 g/mol. The van der Waals surface area contributed by atoms with Crippen LogP contribution in [0.25, 0.3) is 32.3 Å². The van der Waals surface area contributed by atoms with Crippen LogP contribution in [0.5, 0.6) is 0 Å². The zero-order chi connectivity index (χ0) is 12.3. The van der Waals surface area contributed by atoms with Gasteiger partial charge in [-0.3, -0.25) is 9.59 Å². The van der Waals surface area contributed by atoms with Gasteiger partial charge < -0.3 is 0 Å². The van der Waals surface area contributed by atoms with Crippen molar-refractivity contribution in [2.24, 2.45) is 0 Å². The Labute approximate surface area is 102 Å². The van der Waals surface area contributed by atoms with Crippen molar-refractivity contribution in [2.45, 2.75) is 0 Å². The van der Waals surface area contributed by atoms with Gasteiger partial charge in [0.15, 0.2) is 0 Å². The van der Waals surface area contributed by atoms with Gasteiger partial charge >= 0.3 is 0 Å². The largest absolute Gasteiger partial charge is 0.286 e. The number of hydrogen-bond donors (Lipinski definition) is 0. The van der Waals surface area contributed by atoms with Crippen LogP contribution < -0.4 is 10.9 Å². The lowest BCUT2D eigenvalue weighted by atomic mass is 9.94. The predicted molar refractivity (Wildman–Crippen MR) is 73.9 cm³/mol. The highest BCUT2D eigenvalue weighted by Crippen LogP contribution is 2.31. The molecular formula is C16H8O2. The Kier molecular flexibility index (Phi) is 1.61. The first kappa shape index (κ1) is 9.54. The van der Waals surface area contributed by atoms with E-state index in [1.54, 1.807) is 6.07 Å². The zero-order valence-corrected chi connectivity index (χ0v) is 9.44. The van der Waals surface area contributed by atoms with Crippen molar-refractivity contribution in [2.75, 3.05) is 0 Å². The number of rotatable bonds is 0. The normalized spacial score (nSPS) is 11.8. The summed E-state index contributed by atoms with van der Waals surface area (Å²) in [5, 5.41) is 5.56. The maximum atomic E-state index is 11.9. The molecule has 18 heavy (non-hydrogen) atoms. The Morgan fingerprint density at radius 1 is 0.667 bits per heavy atom. The van der Waals surface area contributed by atoms with Gasteiger partial charge in [0.1, 0.15) is 0 Å². The van der Waals surface area contributed by atoms with Gasteiger partial charge in [0, 0.05) is 10.8 Å². The summed E-state index contributed by atoms with van der Waals surface area (Å²) in [4.78, 5) is 23.5. The highest BCUT2D eigenvalue weighted by atomic mass is 16.2. The average Bonchev–Trinajstić information content (AvgIpc) is 2.40. The first-order valence-corrected chi connectivity index (χ1v) is 5.80. The fourth-order valence-electron chi connectivity index (χ4n) is 2.76. The van der Waals surface area contributed by atoms with E-state index in [9.17, 15) is 9.59 Å². The van der Waals surface area contributed by atoms with E-state index >= 15 is 0 Å². The Morgan fingerprint density at radius 3 is 2.11 bits per heavy atom. The third-order valence-corrected chi connectivity index (χ3v) is 3.56. The van der Waals surface area contributed by atoms with Crippen LogP contribution in [0.2, 0.25) is 0 Å². The molecule has 0 N–H and O–H groups in total. The summed E-state index contributed by atoms with van der Waals surface area (Å²) in [6, 6.07) is 15.1. The van der Waals surface area contributed by atoms with Crippen LogP contribution in [0, 0.1) is 0 Å². The van der Waals surface area contributed by atoms with Gasteiger partial charge in [-0.15, -0.1) is 0 Å². The Morgan fingerprint density at radius 2 is 1.33 bits per heavy atom. The SMILES string of the molecule is O=c1cc2ccc3cccc4ccc(c1=O)c2c34. The molecule has 0 aromatic heterocycles. The third kappa shape index (κ3) is 1.02. The summed E-state index contributed by atoms with van der Waals surface area (Å²) in [6.45, 7) is 0. The molecule has 2 heteroatoms. The minimum Gasteiger partial charge on any atom is -0.286 e. The fourth-order valence-corrected chi connectivity index (χ4v) is 2.76. The summed E-state index contributed by atoms with van der Waals surface area (Å²) in [7, 11) is 0. The molecule has 4 rings (SSSR count). The zero-order valence-electron chi connectivity index (χ0n) is 9.44. The van der Waals surface area contributed by atoms with Crippen molar-refractivity contribution in [1.82, 2.24) is 0 Å². The van der Waals surface area contributed by atoms with Crippen LogP contribution in [0.15, 0.2) is 58.1 Å². The molecule has 0 atom stereocenters. The van der Waals surface area contributed by atoms with E-state index < -0.39 is 10.9 Å². The van der Waals surface area contributed by atoms with Gasteiger partial charge in [-0.05, 0) is 33.7 Å². The minimum absolute atomic E-state index is 0.402. The Balaban J connectivity index is 2.54. The van der Waals surface area contributed by atoms with Crippen LogP contribution in [0.4, 0.5) is 0 Å². The summed E-state index contributed by atoms with van der Waals surface area (Å²) in [5.41, 5.74) is -0.832. The summed E-state index contributed by atoms with van der Waals surface area (Å²) >= 11 is 0. The van der Waals surface area contributed by atoms with E-state index in [4.69, 9.17) is 0 Å². The van der Waals surface area contributed by atoms with Crippen LogP contribution in [0.3, 0.4) is 0 Å². The lowest BCUT2D eigenvalue weighted by Crippen LogP contribution is -2.22. The Hall–Kier alpha value is -2.48. The fraction of sp³-hybridized carbons (Fsp3) is 0. The molecule has 0 radical (unpaired) electrons. The monoisotopic (exact) mass is 232 g/mol. The second kappa shape index (κ2) is 3.05. The van der Waals surface area contributed by atoms with Crippen molar-refractivity contribution in [3.8, 4) is 0 Å². The molecule has 0 spiro atoms. The highest BCUT2D eigenvalue weighted by molar-refractivity contribution is 6.22. The maximum absolute atomic E-state index is 11.9. The molecule has 0 saturated heterocycles. The lowest BCUT2D eigenvalue weighted by Gasteiger charge is -2.08. The molecule has 4 aromatic carbocycles. The van der Waals surface area contributed by atoms with E-state index in [0.29, 0.717) is 5.39 Å². The molecule has 0 amide bonds. The first-order valence-electron chi connectivity index (χ1n) is 5.80. The van der Waals surface area contributed by atoms with E-state index in [1.165, 1.54) is 6.07 Å². The molecule has 0 fully saturated rings. The van der Waals surface area contributed by atoms with Crippen LogP contribution >= 0.6 is 0 Å². The smallest absolute Gasteiger partial charge is 0.233 e. The second-order valence-corrected chi connectivity index (χ2v) is 4.56. The molecule has 84 valence electrons. The molecular weight excluding hydrogens is 224 g/mol. The van der Waals surface area contributed by atoms with Gasteiger partial charge in [-0.2, -0.15) is 0 Å². The Bertz CT molecular complexity index is 987. The molecule has 0 unspecified atom stereocenters. The van der Waals surface area contributed by atoms with E-state index in [0.717, 1.165) is 26.9 Å². The molecule has 0 bridgehead atoms. The summed E-state index contributed by atoms with van der Waals surface area (Å²) in [6.07, 6.45) is 0. The van der Waals surface area contributed by atoms with Crippen molar-refractivity contribution >= 4 is 32.3 Å². The van der Waals surface area contributed by atoms with Crippen molar-refractivity contribution < 1.29 is 0 Å². The van der Waals surface area contributed by atoms with Crippen LogP contribution in [-0.2, 0) is 0 Å². The number of benzene rings is 4. The van der Waals surface area contributed by atoms with Crippen LogP contribution in [0.1, 0.15) is 0 Å². The van der Waals surface area contributed by atoms with Gasteiger partial charge in [0.25, 0.3) is 0 Å². The van der Waals surface area contributed by atoms with Gasteiger partial charge in [0.2, 0.25) is 10.9 Å². The van der Waals surface area contributed by atoms with Gasteiger partial charge in [-0.25, -0.2) is 0 Å². The van der Waals surface area contributed by atoms with Gasteiger partial charge in [0.05, 0.1) is 0 Å². The minimum atomic E-state index is -0.430. The number of hydrogen-bond acceptors (Lipinski definition) is 2. The summed E-state index contributed by atoms with van der Waals surface area (Å²) < 4.78 is 0. The van der Waals surface area contributed by atoms with Crippen molar-refractivity contribution in [3.05, 3.63) is 69.0 Å². The molecule has 0 aliphatic carbocycles.